The molecular weight excluding hydrogens is 228 g/mol. The maximum Gasteiger partial charge on any atom is -0.0112 e. The zero-order valence-electron chi connectivity index (χ0n) is 13.7. The average molecular weight is 254 g/mol. The van der Waals surface area contributed by atoms with Crippen LogP contribution in [0.1, 0.15) is 51.4 Å². The summed E-state index contributed by atoms with van der Waals surface area (Å²) in [6.45, 7) is 18.2. The summed E-state index contributed by atoms with van der Waals surface area (Å²) >= 11 is 0. The summed E-state index contributed by atoms with van der Waals surface area (Å²) in [5, 5.41) is 3.02. The molecule has 0 amide bonds. The van der Waals surface area contributed by atoms with Gasteiger partial charge in [-0.1, -0.05) is 6.92 Å². The minimum atomic E-state index is 1.12. The van der Waals surface area contributed by atoms with E-state index >= 15 is 0 Å². The minimum Gasteiger partial charge on any atom is -0.0613 e. The van der Waals surface area contributed by atoms with Crippen molar-refractivity contribution in [2.45, 2.75) is 61.8 Å². The SMILES string of the molecule is CCc1c(C)c(C)c(C)c2c(C)c(C)c(C)c(C)c12. The van der Waals surface area contributed by atoms with E-state index in [1.807, 2.05) is 0 Å². The third-order valence-electron chi connectivity index (χ3n) is 5.30. The lowest BCUT2D eigenvalue weighted by Crippen LogP contribution is -2.03. The summed E-state index contributed by atoms with van der Waals surface area (Å²) in [7, 11) is 0. The predicted molar refractivity (Wildman–Crippen MR) is 86.5 cm³/mol. The maximum absolute atomic E-state index is 2.29. The highest BCUT2D eigenvalue weighted by molar-refractivity contribution is 5.97. The highest BCUT2D eigenvalue weighted by Gasteiger charge is 2.17. The van der Waals surface area contributed by atoms with Gasteiger partial charge in [0, 0.05) is 0 Å². The molecule has 0 nitrogen and oxygen atoms in total. The van der Waals surface area contributed by atoms with Crippen molar-refractivity contribution in [3.63, 3.8) is 0 Å². The second-order valence-corrected chi connectivity index (χ2v) is 5.96. The van der Waals surface area contributed by atoms with Crippen LogP contribution in [0.2, 0.25) is 0 Å². The Morgan fingerprint density at radius 3 is 1.26 bits per heavy atom. The highest BCUT2D eigenvalue weighted by Crippen LogP contribution is 2.37. The monoisotopic (exact) mass is 254 g/mol. The molecule has 0 bridgehead atoms. The Kier molecular flexibility index (Phi) is 3.47. The largest absolute Gasteiger partial charge is 0.0613 e. The predicted octanol–water partition coefficient (Wildman–Crippen LogP) is 5.56. The van der Waals surface area contributed by atoms with Crippen molar-refractivity contribution < 1.29 is 0 Å². The summed E-state index contributed by atoms with van der Waals surface area (Å²) < 4.78 is 0. The van der Waals surface area contributed by atoms with Crippen LogP contribution in [0, 0.1) is 48.5 Å². The molecule has 0 saturated carbocycles. The van der Waals surface area contributed by atoms with Crippen LogP contribution >= 0.6 is 0 Å². The van der Waals surface area contributed by atoms with Crippen LogP contribution in [-0.2, 0) is 6.42 Å². The van der Waals surface area contributed by atoms with Crippen LogP contribution in [-0.4, -0.2) is 0 Å². The lowest BCUT2D eigenvalue weighted by atomic mass is 9.82. The Morgan fingerprint density at radius 1 is 0.474 bits per heavy atom. The van der Waals surface area contributed by atoms with E-state index in [4.69, 9.17) is 0 Å². The van der Waals surface area contributed by atoms with Gasteiger partial charge in [-0.3, -0.25) is 0 Å². The fourth-order valence-electron chi connectivity index (χ4n) is 3.48. The van der Waals surface area contributed by atoms with Gasteiger partial charge >= 0.3 is 0 Å². The Labute approximate surface area is 117 Å². The molecule has 0 N–H and O–H groups in total. The number of hydrogen-bond donors (Lipinski definition) is 0. The summed E-state index contributed by atoms with van der Waals surface area (Å²) in [5.41, 5.74) is 11.8. The van der Waals surface area contributed by atoms with Crippen molar-refractivity contribution in [3.05, 3.63) is 44.5 Å². The quantitative estimate of drug-likeness (QED) is 0.625. The van der Waals surface area contributed by atoms with E-state index in [0.717, 1.165) is 6.42 Å². The molecule has 0 heteroatoms. The fourth-order valence-corrected chi connectivity index (χ4v) is 3.48. The highest BCUT2D eigenvalue weighted by atomic mass is 14.2. The molecule has 102 valence electrons. The Balaban J connectivity index is 3.21. The van der Waals surface area contributed by atoms with E-state index in [9.17, 15) is 0 Å². The van der Waals surface area contributed by atoms with E-state index in [1.54, 1.807) is 5.56 Å². The lowest BCUT2D eigenvalue weighted by Gasteiger charge is -2.22. The van der Waals surface area contributed by atoms with Crippen molar-refractivity contribution >= 4 is 10.8 Å². The van der Waals surface area contributed by atoms with Crippen molar-refractivity contribution in [1.29, 1.82) is 0 Å². The van der Waals surface area contributed by atoms with E-state index in [1.165, 1.54) is 49.7 Å². The second kappa shape index (κ2) is 4.67. The smallest absolute Gasteiger partial charge is 0.0112 e. The van der Waals surface area contributed by atoms with Gasteiger partial charge in [-0.05, 0) is 110 Å². The second-order valence-electron chi connectivity index (χ2n) is 5.96. The first-order chi connectivity index (χ1) is 8.82. The zero-order valence-corrected chi connectivity index (χ0v) is 13.7. The molecule has 19 heavy (non-hydrogen) atoms. The molecule has 0 atom stereocenters. The molecular formula is C19H26. The number of aryl methyl sites for hydroxylation is 4. The van der Waals surface area contributed by atoms with E-state index < -0.39 is 0 Å². The number of rotatable bonds is 1. The molecule has 0 saturated heterocycles. The normalized spacial score (nSPS) is 11.4. The molecule has 0 aromatic heterocycles. The van der Waals surface area contributed by atoms with E-state index in [-0.39, 0.29) is 0 Å². The standard InChI is InChI=1S/C19H26/c1-9-17-13(5)12(4)15(7)18-14(6)10(2)11(3)16(8)19(17)18/h9H2,1-8H3. The summed E-state index contributed by atoms with van der Waals surface area (Å²) in [6, 6.07) is 0. The molecule has 0 aliphatic rings. The zero-order chi connectivity index (χ0) is 14.5. The molecule has 2 aromatic rings. The molecule has 0 heterocycles. The molecule has 0 aliphatic heterocycles. The number of benzene rings is 2. The van der Waals surface area contributed by atoms with Gasteiger partial charge in [0.25, 0.3) is 0 Å². The van der Waals surface area contributed by atoms with Gasteiger partial charge < -0.3 is 0 Å². The lowest BCUT2D eigenvalue weighted by molar-refractivity contribution is 1.10. The maximum atomic E-state index is 2.29. The Morgan fingerprint density at radius 2 is 0.842 bits per heavy atom. The van der Waals surface area contributed by atoms with Gasteiger partial charge in [-0.15, -0.1) is 0 Å². The van der Waals surface area contributed by atoms with Crippen LogP contribution in [0.15, 0.2) is 0 Å². The third-order valence-corrected chi connectivity index (χ3v) is 5.30. The summed E-state index contributed by atoms with van der Waals surface area (Å²) in [4.78, 5) is 0. The first-order valence-corrected chi connectivity index (χ1v) is 7.31. The van der Waals surface area contributed by atoms with Gasteiger partial charge in [-0.2, -0.15) is 0 Å². The molecule has 2 rings (SSSR count). The van der Waals surface area contributed by atoms with Crippen molar-refractivity contribution in [2.24, 2.45) is 0 Å². The summed E-state index contributed by atoms with van der Waals surface area (Å²) in [5.74, 6) is 0. The third kappa shape index (κ3) is 1.81. The van der Waals surface area contributed by atoms with Crippen molar-refractivity contribution in [2.75, 3.05) is 0 Å². The molecule has 0 fully saturated rings. The van der Waals surface area contributed by atoms with Crippen LogP contribution in [0.4, 0.5) is 0 Å². The summed E-state index contributed by atoms with van der Waals surface area (Å²) in [6.07, 6.45) is 1.12. The topological polar surface area (TPSA) is 0 Å². The van der Waals surface area contributed by atoms with E-state index in [0.29, 0.717) is 0 Å². The van der Waals surface area contributed by atoms with Gasteiger partial charge in [0.2, 0.25) is 0 Å². The average Bonchev–Trinajstić information content (AvgIpc) is 2.40. The van der Waals surface area contributed by atoms with Gasteiger partial charge in [0.05, 0.1) is 0 Å². The molecule has 0 unspecified atom stereocenters. The van der Waals surface area contributed by atoms with Crippen molar-refractivity contribution in [1.82, 2.24) is 0 Å². The van der Waals surface area contributed by atoms with Gasteiger partial charge in [0.1, 0.15) is 0 Å². The van der Waals surface area contributed by atoms with Gasteiger partial charge in [-0.25, -0.2) is 0 Å². The minimum absolute atomic E-state index is 1.12. The fraction of sp³-hybridized carbons (Fsp3) is 0.474. The molecule has 0 aliphatic carbocycles. The van der Waals surface area contributed by atoms with E-state index in [2.05, 4.69) is 55.4 Å². The molecule has 0 radical (unpaired) electrons. The van der Waals surface area contributed by atoms with Crippen LogP contribution in [0.3, 0.4) is 0 Å². The van der Waals surface area contributed by atoms with Crippen LogP contribution in [0.25, 0.3) is 10.8 Å². The molecule has 2 aromatic carbocycles. The number of fused-ring (bicyclic) bond motifs is 1. The van der Waals surface area contributed by atoms with Crippen molar-refractivity contribution in [3.8, 4) is 0 Å². The Bertz CT molecular complexity index is 665. The molecule has 0 spiro atoms. The Hall–Kier alpha value is -1.30. The van der Waals surface area contributed by atoms with Gasteiger partial charge in [0.15, 0.2) is 0 Å². The van der Waals surface area contributed by atoms with Crippen LogP contribution < -0.4 is 0 Å². The first-order valence-electron chi connectivity index (χ1n) is 7.31. The van der Waals surface area contributed by atoms with Crippen LogP contribution in [0.5, 0.6) is 0 Å². The number of hydrogen-bond acceptors (Lipinski definition) is 0. The first kappa shape index (κ1) is 14.1.